The van der Waals surface area contributed by atoms with Crippen molar-refractivity contribution in [2.45, 2.75) is 27.2 Å². The zero-order chi connectivity index (χ0) is 13.1. The Bertz CT molecular complexity index is 582. The average Bonchev–Trinajstić information content (AvgIpc) is 2.34. The van der Waals surface area contributed by atoms with Crippen molar-refractivity contribution in [2.24, 2.45) is 0 Å². The van der Waals surface area contributed by atoms with Crippen molar-refractivity contribution in [3.05, 3.63) is 70.3 Å². The molecule has 0 atom stereocenters. The van der Waals surface area contributed by atoms with E-state index in [4.69, 9.17) is 0 Å². The number of benzene rings is 2. The van der Waals surface area contributed by atoms with Crippen molar-refractivity contribution in [1.82, 2.24) is 0 Å². The van der Waals surface area contributed by atoms with Crippen LogP contribution in [0.4, 0.5) is 0 Å². The number of carbonyl (C=O) groups is 1. The Kier molecular flexibility index (Phi) is 3.61. The highest BCUT2D eigenvalue weighted by Gasteiger charge is 2.09. The van der Waals surface area contributed by atoms with Gasteiger partial charge in [-0.15, -0.1) is 0 Å². The quantitative estimate of drug-likeness (QED) is 0.738. The monoisotopic (exact) mass is 238 g/mol. The minimum atomic E-state index is 0.191. The highest BCUT2D eigenvalue weighted by molar-refractivity contribution is 5.98. The topological polar surface area (TPSA) is 17.1 Å². The Morgan fingerprint density at radius 2 is 1.61 bits per heavy atom. The van der Waals surface area contributed by atoms with Gasteiger partial charge in [0.1, 0.15) is 0 Å². The summed E-state index contributed by atoms with van der Waals surface area (Å²) in [5.41, 5.74) is 5.47. The summed E-state index contributed by atoms with van der Waals surface area (Å²) in [6.45, 7) is 6.15. The van der Waals surface area contributed by atoms with E-state index in [1.807, 2.05) is 37.3 Å². The van der Waals surface area contributed by atoms with Gasteiger partial charge in [0.25, 0.3) is 0 Å². The van der Waals surface area contributed by atoms with Crippen molar-refractivity contribution < 1.29 is 4.79 Å². The van der Waals surface area contributed by atoms with Gasteiger partial charge in [0.05, 0.1) is 0 Å². The molecule has 0 aliphatic heterocycles. The van der Waals surface area contributed by atoms with Crippen molar-refractivity contribution >= 4 is 5.78 Å². The third-order valence-electron chi connectivity index (χ3n) is 3.38. The minimum absolute atomic E-state index is 0.191. The van der Waals surface area contributed by atoms with Crippen LogP contribution in [-0.2, 0) is 6.42 Å². The molecule has 0 radical (unpaired) electrons. The van der Waals surface area contributed by atoms with Crippen molar-refractivity contribution in [2.75, 3.05) is 0 Å². The van der Waals surface area contributed by atoms with Crippen LogP contribution in [0.25, 0.3) is 0 Å². The zero-order valence-corrected chi connectivity index (χ0v) is 11.2. The van der Waals surface area contributed by atoms with Crippen LogP contribution in [-0.4, -0.2) is 5.78 Å². The van der Waals surface area contributed by atoms with E-state index in [0.717, 1.165) is 16.7 Å². The van der Waals surface area contributed by atoms with Crippen LogP contribution in [0.1, 0.15) is 32.6 Å². The molecule has 1 nitrogen and oxygen atoms in total. The molecule has 0 spiro atoms. The first-order valence-electron chi connectivity index (χ1n) is 6.23. The SMILES string of the molecule is Cc1ccc(CC(=O)c2ccccc2C)cc1C. The molecule has 0 N–H and O–H groups in total. The summed E-state index contributed by atoms with van der Waals surface area (Å²) < 4.78 is 0. The van der Waals surface area contributed by atoms with Crippen LogP contribution in [0.15, 0.2) is 42.5 Å². The Labute approximate surface area is 108 Å². The lowest BCUT2D eigenvalue weighted by molar-refractivity contribution is 0.0992. The number of Topliss-reactive ketones (excluding diaryl/α,β-unsaturated/α-hetero) is 1. The molecule has 2 rings (SSSR count). The third kappa shape index (κ3) is 2.67. The van der Waals surface area contributed by atoms with Crippen LogP contribution in [0.3, 0.4) is 0 Å². The van der Waals surface area contributed by atoms with Gasteiger partial charge in [-0.05, 0) is 43.0 Å². The van der Waals surface area contributed by atoms with E-state index in [1.54, 1.807) is 0 Å². The molecule has 0 fully saturated rings. The zero-order valence-electron chi connectivity index (χ0n) is 11.2. The first-order chi connectivity index (χ1) is 8.58. The summed E-state index contributed by atoms with van der Waals surface area (Å²) in [4.78, 5) is 12.2. The van der Waals surface area contributed by atoms with E-state index in [9.17, 15) is 4.79 Å². The highest BCUT2D eigenvalue weighted by Crippen LogP contribution is 2.14. The van der Waals surface area contributed by atoms with Gasteiger partial charge in [0, 0.05) is 12.0 Å². The summed E-state index contributed by atoms with van der Waals surface area (Å²) in [6.07, 6.45) is 0.478. The third-order valence-corrected chi connectivity index (χ3v) is 3.38. The lowest BCUT2D eigenvalue weighted by atomic mass is 9.97. The first kappa shape index (κ1) is 12.6. The molecule has 2 aromatic carbocycles. The number of carbonyl (C=O) groups excluding carboxylic acids is 1. The fraction of sp³-hybridized carbons (Fsp3) is 0.235. The van der Waals surface area contributed by atoms with Crippen LogP contribution in [0.2, 0.25) is 0 Å². The lowest BCUT2D eigenvalue weighted by Crippen LogP contribution is -2.05. The standard InChI is InChI=1S/C17H18O/c1-12-8-9-15(10-14(12)3)11-17(18)16-7-5-4-6-13(16)2/h4-10H,11H2,1-3H3. The largest absolute Gasteiger partial charge is 0.294 e. The smallest absolute Gasteiger partial charge is 0.167 e. The molecule has 0 aliphatic carbocycles. The normalized spacial score (nSPS) is 10.4. The molecule has 1 heteroatoms. The maximum atomic E-state index is 12.2. The van der Waals surface area contributed by atoms with Gasteiger partial charge < -0.3 is 0 Å². The van der Waals surface area contributed by atoms with Gasteiger partial charge in [0.15, 0.2) is 5.78 Å². The van der Waals surface area contributed by atoms with E-state index in [1.165, 1.54) is 11.1 Å². The predicted molar refractivity (Wildman–Crippen MR) is 75.1 cm³/mol. The summed E-state index contributed by atoms with van der Waals surface area (Å²) in [5.74, 6) is 0.191. The molecule has 0 saturated heterocycles. The maximum absolute atomic E-state index is 12.2. The number of rotatable bonds is 3. The Hall–Kier alpha value is -1.89. The highest BCUT2D eigenvalue weighted by atomic mass is 16.1. The van der Waals surface area contributed by atoms with Gasteiger partial charge >= 0.3 is 0 Å². The van der Waals surface area contributed by atoms with Crippen LogP contribution in [0, 0.1) is 20.8 Å². The fourth-order valence-electron chi connectivity index (χ4n) is 2.08. The molecule has 0 bridgehead atoms. The van der Waals surface area contributed by atoms with E-state index in [0.29, 0.717) is 6.42 Å². The van der Waals surface area contributed by atoms with E-state index >= 15 is 0 Å². The molecular weight excluding hydrogens is 220 g/mol. The minimum Gasteiger partial charge on any atom is -0.294 e. The number of hydrogen-bond donors (Lipinski definition) is 0. The van der Waals surface area contributed by atoms with E-state index in [-0.39, 0.29) is 5.78 Å². The second kappa shape index (κ2) is 5.18. The summed E-state index contributed by atoms with van der Waals surface area (Å²) in [7, 11) is 0. The fourth-order valence-corrected chi connectivity index (χ4v) is 2.08. The Balaban J connectivity index is 2.22. The molecule has 0 unspecified atom stereocenters. The Morgan fingerprint density at radius 3 is 2.28 bits per heavy atom. The van der Waals surface area contributed by atoms with Gasteiger partial charge in [-0.25, -0.2) is 0 Å². The van der Waals surface area contributed by atoms with Gasteiger partial charge in [-0.3, -0.25) is 4.79 Å². The van der Waals surface area contributed by atoms with Crippen LogP contribution >= 0.6 is 0 Å². The summed E-state index contributed by atoms with van der Waals surface area (Å²) in [6, 6.07) is 14.0. The van der Waals surface area contributed by atoms with Crippen LogP contribution in [0.5, 0.6) is 0 Å². The molecular formula is C17H18O. The van der Waals surface area contributed by atoms with Crippen molar-refractivity contribution in [1.29, 1.82) is 0 Å². The molecule has 92 valence electrons. The van der Waals surface area contributed by atoms with Crippen molar-refractivity contribution in [3.63, 3.8) is 0 Å². The van der Waals surface area contributed by atoms with E-state index in [2.05, 4.69) is 26.0 Å². The second-order valence-electron chi connectivity index (χ2n) is 4.83. The molecule has 0 aliphatic rings. The van der Waals surface area contributed by atoms with Gasteiger partial charge in [-0.2, -0.15) is 0 Å². The molecule has 0 amide bonds. The summed E-state index contributed by atoms with van der Waals surface area (Å²) >= 11 is 0. The predicted octanol–water partition coefficient (Wildman–Crippen LogP) is 4.04. The first-order valence-corrected chi connectivity index (χ1v) is 6.23. The lowest BCUT2D eigenvalue weighted by Gasteiger charge is -2.07. The molecule has 0 saturated carbocycles. The number of hydrogen-bond acceptors (Lipinski definition) is 1. The average molecular weight is 238 g/mol. The number of ketones is 1. The molecule has 18 heavy (non-hydrogen) atoms. The molecule has 2 aromatic rings. The van der Waals surface area contributed by atoms with Gasteiger partial charge in [0.2, 0.25) is 0 Å². The molecule has 0 aromatic heterocycles. The van der Waals surface area contributed by atoms with Gasteiger partial charge in [-0.1, -0.05) is 42.5 Å². The number of aryl methyl sites for hydroxylation is 3. The maximum Gasteiger partial charge on any atom is 0.167 e. The Morgan fingerprint density at radius 1 is 0.889 bits per heavy atom. The molecule has 0 heterocycles. The van der Waals surface area contributed by atoms with E-state index < -0.39 is 0 Å². The second-order valence-corrected chi connectivity index (χ2v) is 4.83. The van der Waals surface area contributed by atoms with Crippen LogP contribution < -0.4 is 0 Å². The van der Waals surface area contributed by atoms with Crippen molar-refractivity contribution in [3.8, 4) is 0 Å². The summed E-state index contributed by atoms with van der Waals surface area (Å²) in [5, 5.41) is 0.